The molecule has 0 saturated heterocycles. The molecule has 0 N–H and O–H groups in total. The van der Waals surface area contributed by atoms with Gasteiger partial charge < -0.3 is 0 Å². The Hall–Kier alpha value is -0.260. The van der Waals surface area contributed by atoms with Crippen LogP contribution >= 0.6 is 0 Å². The summed E-state index contributed by atoms with van der Waals surface area (Å²) < 4.78 is 0. The number of hydrogen-bond donors (Lipinski definition) is 0. The molecule has 4 unspecified atom stereocenters. The first kappa shape index (κ1) is 6.23. The lowest BCUT2D eigenvalue weighted by atomic mass is 9.45. The first-order valence-electron chi connectivity index (χ1n) is 5.64. The largest absolute Gasteiger partial charge is 0.0698 e. The summed E-state index contributed by atoms with van der Waals surface area (Å²) in [6.45, 7) is 0. The van der Waals surface area contributed by atoms with Crippen molar-refractivity contribution >= 4 is 0 Å². The van der Waals surface area contributed by atoms with Gasteiger partial charge >= 0.3 is 0 Å². The standard InChI is InChI=1S/C12H16/c1-3-9-7(1)5-11(9)12-6-8-2-4-10(8)12/h7,9,11-12H,1-6H2. The van der Waals surface area contributed by atoms with Crippen molar-refractivity contribution in [1.29, 1.82) is 0 Å². The molecule has 64 valence electrons. The second-order valence-electron chi connectivity index (χ2n) is 5.34. The Balaban J connectivity index is 1.54. The van der Waals surface area contributed by atoms with Crippen LogP contribution in [0.4, 0.5) is 0 Å². The molecule has 4 atom stereocenters. The second kappa shape index (κ2) is 1.81. The van der Waals surface area contributed by atoms with E-state index in [9.17, 15) is 0 Å². The van der Waals surface area contributed by atoms with Crippen molar-refractivity contribution in [1.82, 2.24) is 0 Å². The maximum absolute atomic E-state index is 1.92. The zero-order chi connectivity index (χ0) is 7.71. The molecule has 2 fully saturated rings. The quantitative estimate of drug-likeness (QED) is 0.517. The van der Waals surface area contributed by atoms with E-state index in [1.807, 2.05) is 11.1 Å². The Morgan fingerprint density at radius 3 is 2.33 bits per heavy atom. The summed E-state index contributed by atoms with van der Waals surface area (Å²) in [5.74, 6) is 4.67. The maximum atomic E-state index is 1.92. The number of rotatable bonds is 1. The Morgan fingerprint density at radius 2 is 2.00 bits per heavy atom. The highest BCUT2D eigenvalue weighted by Gasteiger charge is 2.53. The fraction of sp³-hybridized carbons (Fsp3) is 0.833. The summed E-state index contributed by atoms with van der Waals surface area (Å²) in [6.07, 6.45) is 9.21. The van der Waals surface area contributed by atoms with E-state index < -0.39 is 0 Å². The Labute approximate surface area is 74.0 Å². The van der Waals surface area contributed by atoms with Gasteiger partial charge in [-0.1, -0.05) is 11.1 Å². The molecule has 0 radical (unpaired) electrons. The van der Waals surface area contributed by atoms with Crippen LogP contribution in [-0.2, 0) is 0 Å². The summed E-state index contributed by atoms with van der Waals surface area (Å²) in [5.41, 5.74) is 3.79. The predicted octanol–water partition coefficient (Wildman–Crippen LogP) is 3.14. The molecule has 0 aromatic heterocycles. The van der Waals surface area contributed by atoms with Crippen molar-refractivity contribution in [3.05, 3.63) is 11.1 Å². The smallest absolute Gasteiger partial charge is 0.0132 e. The highest BCUT2D eigenvalue weighted by molar-refractivity contribution is 5.38. The summed E-state index contributed by atoms with van der Waals surface area (Å²) in [4.78, 5) is 0. The van der Waals surface area contributed by atoms with Crippen LogP contribution in [0.5, 0.6) is 0 Å². The van der Waals surface area contributed by atoms with E-state index in [4.69, 9.17) is 0 Å². The average Bonchev–Trinajstić information content (AvgIpc) is 2.01. The first-order valence-corrected chi connectivity index (χ1v) is 5.64. The van der Waals surface area contributed by atoms with Crippen LogP contribution in [-0.4, -0.2) is 0 Å². The topological polar surface area (TPSA) is 0 Å². The van der Waals surface area contributed by atoms with Gasteiger partial charge in [0.15, 0.2) is 0 Å². The van der Waals surface area contributed by atoms with Crippen LogP contribution < -0.4 is 0 Å². The minimum absolute atomic E-state index is 1.11. The number of hydrogen-bond acceptors (Lipinski definition) is 0. The van der Waals surface area contributed by atoms with Gasteiger partial charge in [-0.3, -0.25) is 0 Å². The van der Waals surface area contributed by atoms with Gasteiger partial charge in [-0.25, -0.2) is 0 Å². The van der Waals surface area contributed by atoms with Gasteiger partial charge in [-0.2, -0.15) is 0 Å². The fourth-order valence-corrected chi connectivity index (χ4v) is 4.04. The van der Waals surface area contributed by atoms with Crippen molar-refractivity contribution in [2.24, 2.45) is 23.7 Å². The Kier molecular flexibility index (Phi) is 0.939. The van der Waals surface area contributed by atoms with Crippen molar-refractivity contribution in [2.75, 3.05) is 0 Å². The molecule has 0 aliphatic heterocycles. The Bertz CT molecular complexity index is 274. The molecule has 4 rings (SSSR count). The minimum atomic E-state index is 1.11. The third-order valence-corrected chi connectivity index (χ3v) is 5.18. The predicted molar refractivity (Wildman–Crippen MR) is 48.7 cm³/mol. The first-order chi connectivity index (χ1) is 5.93. The van der Waals surface area contributed by atoms with Gasteiger partial charge in [0, 0.05) is 0 Å². The van der Waals surface area contributed by atoms with Crippen molar-refractivity contribution in [3.8, 4) is 0 Å². The highest BCUT2D eigenvalue weighted by atomic mass is 14.6. The fourth-order valence-electron chi connectivity index (χ4n) is 4.04. The maximum Gasteiger partial charge on any atom is -0.0132 e. The van der Waals surface area contributed by atoms with Gasteiger partial charge in [0.25, 0.3) is 0 Å². The minimum Gasteiger partial charge on any atom is -0.0698 e. The molecule has 12 heavy (non-hydrogen) atoms. The van der Waals surface area contributed by atoms with Gasteiger partial charge in [0.1, 0.15) is 0 Å². The molecular weight excluding hydrogens is 144 g/mol. The number of fused-ring (bicyclic) bond motifs is 1. The molecule has 0 bridgehead atoms. The van der Waals surface area contributed by atoms with Crippen LogP contribution in [0.2, 0.25) is 0 Å². The van der Waals surface area contributed by atoms with E-state index >= 15 is 0 Å². The lowest BCUT2D eigenvalue weighted by Gasteiger charge is -2.60. The van der Waals surface area contributed by atoms with Gasteiger partial charge in [-0.05, 0) is 62.2 Å². The van der Waals surface area contributed by atoms with Crippen molar-refractivity contribution in [3.63, 3.8) is 0 Å². The van der Waals surface area contributed by atoms with E-state index in [-0.39, 0.29) is 0 Å². The summed E-state index contributed by atoms with van der Waals surface area (Å²) in [5, 5.41) is 0. The summed E-state index contributed by atoms with van der Waals surface area (Å²) in [7, 11) is 0. The van der Waals surface area contributed by atoms with Gasteiger partial charge in [0.2, 0.25) is 0 Å². The summed E-state index contributed by atoms with van der Waals surface area (Å²) in [6, 6.07) is 0. The zero-order valence-corrected chi connectivity index (χ0v) is 7.55. The zero-order valence-electron chi connectivity index (χ0n) is 7.55. The SMILES string of the molecule is C1CC2=C1CC2C1CC2CCC21. The molecule has 2 saturated carbocycles. The van der Waals surface area contributed by atoms with E-state index in [0.717, 1.165) is 5.92 Å². The van der Waals surface area contributed by atoms with E-state index in [0.29, 0.717) is 0 Å². The van der Waals surface area contributed by atoms with Crippen LogP contribution in [0.25, 0.3) is 0 Å². The van der Waals surface area contributed by atoms with E-state index in [1.165, 1.54) is 37.0 Å². The number of allylic oxidation sites excluding steroid dienone is 2. The highest BCUT2D eigenvalue weighted by Crippen LogP contribution is 2.63. The molecule has 4 aliphatic rings. The van der Waals surface area contributed by atoms with Crippen LogP contribution in [0, 0.1) is 23.7 Å². The monoisotopic (exact) mass is 160 g/mol. The molecule has 4 aliphatic carbocycles. The van der Waals surface area contributed by atoms with E-state index in [2.05, 4.69) is 0 Å². The second-order valence-corrected chi connectivity index (χ2v) is 5.34. The molecule has 0 spiro atoms. The molecule has 0 aromatic carbocycles. The van der Waals surface area contributed by atoms with Crippen molar-refractivity contribution in [2.45, 2.75) is 38.5 Å². The Morgan fingerprint density at radius 1 is 1.00 bits per heavy atom. The molecular formula is C12H16. The summed E-state index contributed by atoms with van der Waals surface area (Å²) >= 11 is 0. The van der Waals surface area contributed by atoms with Gasteiger partial charge in [0.05, 0.1) is 0 Å². The third kappa shape index (κ3) is 0.522. The lowest BCUT2D eigenvalue weighted by Crippen LogP contribution is -2.50. The van der Waals surface area contributed by atoms with E-state index in [1.54, 1.807) is 19.3 Å². The van der Waals surface area contributed by atoms with Crippen LogP contribution in [0.15, 0.2) is 11.1 Å². The lowest BCUT2D eigenvalue weighted by molar-refractivity contribution is -0.0581. The molecule has 0 heteroatoms. The molecule has 0 amide bonds. The van der Waals surface area contributed by atoms with Crippen LogP contribution in [0.3, 0.4) is 0 Å². The molecule has 0 nitrogen and oxygen atoms in total. The van der Waals surface area contributed by atoms with Gasteiger partial charge in [-0.15, -0.1) is 0 Å². The molecule has 0 aromatic rings. The normalized spacial score (nSPS) is 54.0. The molecule has 0 heterocycles. The average molecular weight is 160 g/mol. The van der Waals surface area contributed by atoms with Crippen molar-refractivity contribution < 1.29 is 0 Å². The third-order valence-electron chi connectivity index (χ3n) is 5.18. The van der Waals surface area contributed by atoms with Crippen LogP contribution in [0.1, 0.15) is 38.5 Å².